The van der Waals surface area contributed by atoms with Crippen molar-refractivity contribution < 1.29 is 9.53 Å². The van der Waals surface area contributed by atoms with Gasteiger partial charge in [-0.25, -0.2) is 0 Å². The predicted octanol–water partition coefficient (Wildman–Crippen LogP) is 3.00. The fourth-order valence-electron chi connectivity index (χ4n) is 1.84. The van der Waals surface area contributed by atoms with E-state index < -0.39 is 0 Å². The molecule has 0 aliphatic carbocycles. The Bertz CT molecular complexity index is 356. The van der Waals surface area contributed by atoms with E-state index in [-0.39, 0.29) is 5.92 Å². The van der Waals surface area contributed by atoms with E-state index >= 15 is 0 Å². The zero-order chi connectivity index (χ0) is 11.4. The first kappa shape index (κ1) is 11.8. The van der Waals surface area contributed by atoms with Gasteiger partial charge in [-0.1, -0.05) is 13.0 Å². The number of carbonyl (C=O) groups is 1. The summed E-state index contributed by atoms with van der Waals surface area (Å²) in [7, 11) is 1.68. The minimum Gasteiger partial charge on any atom is -0.496 e. The maximum atomic E-state index is 10.5. The molecule has 0 aliphatic rings. The van der Waals surface area contributed by atoms with E-state index in [1.807, 2.05) is 13.0 Å². The van der Waals surface area contributed by atoms with Crippen molar-refractivity contribution in [2.45, 2.75) is 33.1 Å². The molecule has 0 saturated carbocycles. The highest BCUT2D eigenvalue weighted by molar-refractivity contribution is 5.53. The van der Waals surface area contributed by atoms with Gasteiger partial charge in [0.25, 0.3) is 0 Å². The van der Waals surface area contributed by atoms with Gasteiger partial charge in [0.05, 0.1) is 7.11 Å². The molecule has 0 saturated heterocycles. The molecule has 1 aromatic rings. The first-order chi connectivity index (χ1) is 7.11. The number of aldehydes is 1. The SMILES string of the molecule is COc1ccc(C(C)CC=O)c(C)c1C. The number of benzene rings is 1. The molecule has 1 unspecified atom stereocenters. The van der Waals surface area contributed by atoms with Gasteiger partial charge in [-0.3, -0.25) is 0 Å². The summed E-state index contributed by atoms with van der Waals surface area (Å²) < 4.78 is 5.25. The molecular weight excluding hydrogens is 188 g/mol. The summed E-state index contributed by atoms with van der Waals surface area (Å²) in [5.74, 6) is 1.20. The van der Waals surface area contributed by atoms with E-state index in [1.54, 1.807) is 7.11 Å². The van der Waals surface area contributed by atoms with Gasteiger partial charge in [-0.15, -0.1) is 0 Å². The number of hydrogen-bond donors (Lipinski definition) is 0. The fraction of sp³-hybridized carbons (Fsp3) is 0.462. The average molecular weight is 206 g/mol. The lowest BCUT2D eigenvalue weighted by Gasteiger charge is -2.16. The summed E-state index contributed by atoms with van der Waals surface area (Å²) in [6, 6.07) is 4.02. The molecule has 82 valence electrons. The highest BCUT2D eigenvalue weighted by Crippen LogP contribution is 2.29. The maximum absolute atomic E-state index is 10.5. The molecule has 1 aromatic carbocycles. The van der Waals surface area contributed by atoms with Crippen molar-refractivity contribution in [2.75, 3.05) is 7.11 Å². The van der Waals surface area contributed by atoms with Gasteiger partial charge >= 0.3 is 0 Å². The Morgan fingerprint density at radius 3 is 2.53 bits per heavy atom. The molecule has 0 fully saturated rings. The number of methoxy groups -OCH3 is 1. The van der Waals surface area contributed by atoms with Crippen molar-refractivity contribution in [2.24, 2.45) is 0 Å². The van der Waals surface area contributed by atoms with Crippen LogP contribution in [0, 0.1) is 13.8 Å². The van der Waals surface area contributed by atoms with Gasteiger partial charge in [0.2, 0.25) is 0 Å². The van der Waals surface area contributed by atoms with E-state index in [4.69, 9.17) is 4.74 Å². The van der Waals surface area contributed by atoms with Gasteiger partial charge in [0.1, 0.15) is 12.0 Å². The zero-order valence-electron chi connectivity index (χ0n) is 9.83. The van der Waals surface area contributed by atoms with Crippen molar-refractivity contribution in [1.82, 2.24) is 0 Å². The Hall–Kier alpha value is -1.31. The Labute approximate surface area is 91.3 Å². The van der Waals surface area contributed by atoms with Crippen LogP contribution in [0.5, 0.6) is 5.75 Å². The van der Waals surface area contributed by atoms with Crippen LogP contribution in [0.15, 0.2) is 12.1 Å². The van der Waals surface area contributed by atoms with Crippen LogP contribution in [0.4, 0.5) is 0 Å². The van der Waals surface area contributed by atoms with Crippen molar-refractivity contribution in [3.8, 4) is 5.75 Å². The molecule has 0 aromatic heterocycles. The van der Waals surface area contributed by atoms with Crippen LogP contribution >= 0.6 is 0 Å². The summed E-state index contributed by atoms with van der Waals surface area (Å²) in [6.07, 6.45) is 1.55. The Kier molecular flexibility index (Phi) is 3.89. The van der Waals surface area contributed by atoms with Gasteiger partial charge in [0.15, 0.2) is 0 Å². The summed E-state index contributed by atoms with van der Waals surface area (Å²) in [5, 5.41) is 0. The molecule has 2 nitrogen and oxygen atoms in total. The zero-order valence-corrected chi connectivity index (χ0v) is 9.83. The highest BCUT2D eigenvalue weighted by atomic mass is 16.5. The van der Waals surface area contributed by atoms with Crippen LogP contribution in [-0.2, 0) is 4.79 Å². The van der Waals surface area contributed by atoms with Crippen LogP contribution in [0.1, 0.15) is 36.0 Å². The van der Waals surface area contributed by atoms with Gasteiger partial charge in [-0.2, -0.15) is 0 Å². The summed E-state index contributed by atoms with van der Waals surface area (Å²) in [5.41, 5.74) is 3.62. The van der Waals surface area contributed by atoms with Crippen molar-refractivity contribution >= 4 is 6.29 Å². The third-order valence-electron chi connectivity index (χ3n) is 2.98. The summed E-state index contributed by atoms with van der Waals surface area (Å²) in [6.45, 7) is 6.20. The molecule has 0 aliphatic heterocycles. The first-order valence-electron chi connectivity index (χ1n) is 5.19. The normalized spacial score (nSPS) is 12.3. The number of ether oxygens (including phenoxy) is 1. The van der Waals surface area contributed by atoms with Crippen LogP contribution < -0.4 is 4.74 Å². The van der Waals surface area contributed by atoms with E-state index in [9.17, 15) is 4.79 Å². The third kappa shape index (κ3) is 2.38. The van der Waals surface area contributed by atoms with E-state index in [2.05, 4.69) is 19.9 Å². The Balaban J connectivity index is 3.11. The lowest BCUT2D eigenvalue weighted by atomic mass is 9.91. The predicted molar refractivity (Wildman–Crippen MR) is 61.6 cm³/mol. The Morgan fingerprint density at radius 1 is 1.33 bits per heavy atom. The molecule has 0 heterocycles. The molecule has 15 heavy (non-hydrogen) atoms. The van der Waals surface area contributed by atoms with Crippen molar-refractivity contribution in [1.29, 1.82) is 0 Å². The molecule has 0 amide bonds. The van der Waals surface area contributed by atoms with Crippen molar-refractivity contribution in [3.05, 3.63) is 28.8 Å². The molecule has 0 spiro atoms. The molecule has 2 heteroatoms. The average Bonchev–Trinajstić information content (AvgIpc) is 2.22. The minimum absolute atomic E-state index is 0.284. The van der Waals surface area contributed by atoms with Crippen LogP contribution in [0.2, 0.25) is 0 Å². The van der Waals surface area contributed by atoms with Gasteiger partial charge < -0.3 is 9.53 Å². The van der Waals surface area contributed by atoms with Crippen LogP contribution in [0.25, 0.3) is 0 Å². The van der Waals surface area contributed by atoms with Crippen LogP contribution in [0.3, 0.4) is 0 Å². The van der Waals surface area contributed by atoms with E-state index in [0.29, 0.717) is 6.42 Å². The second-order valence-electron chi connectivity index (χ2n) is 3.91. The van der Waals surface area contributed by atoms with E-state index in [0.717, 1.165) is 17.6 Å². The van der Waals surface area contributed by atoms with Crippen LogP contribution in [-0.4, -0.2) is 13.4 Å². The molecule has 0 bridgehead atoms. The number of hydrogen-bond acceptors (Lipinski definition) is 2. The fourth-order valence-corrected chi connectivity index (χ4v) is 1.84. The van der Waals surface area contributed by atoms with Gasteiger partial charge in [-0.05, 0) is 42.5 Å². The summed E-state index contributed by atoms with van der Waals surface area (Å²) in [4.78, 5) is 10.5. The van der Waals surface area contributed by atoms with Gasteiger partial charge in [0, 0.05) is 6.42 Å². The Morgan fingerprint density at radius 2 is 2.00 bits per heavy atom. The largest absolute Gasteiger partial charge is 0.496 e. The van der Waals surface area contributed by atoms with Crippen molar-refractivity contribution in [3.63, 3.8) is 0 Å². The minimum atomic E-state index is 0.284. The molecule has 1 rings (SSSR count). The maximum Gasteiger partial charge on any atom is 0.122 e. The second kappa shape index (κ2) is 4.96. The number of rotatable bonds is 4. The second-order valence-corrected chi connectivity index (χ2v) is 3.91. The monoisotopic (exact) mass is 206 g/mol. The highest BCUT2D eigenvalue weighted by Gasteiger charge is 2.11. The lowest BCUT2D eigenvalue weighted by Crippen LogP contribution is -2.00. The summed E-state index contributed by atoms with van der Waals surface area (Å²) >= 11 is 0. The quantitative estimate of drug-likeness (QED) is 0.708. The standard InChI is InChI=1S/C13H18O2/c1-9(7-8-14)12-5-6-13(15-4)11(3)10(12)2/h5-6,8-9H,7H2,1-4H3. The molecule has 1 atom stereocenters. The topological polar surface area (TPSA) is 26.3 Å². The third-order valence-corrected chi connectivity index (χ3v) is 2.98. The molecular formula is C13H18O2. The van der Waals surface area contributed by atoms with E-state index in [1.165, 1.54) is 11.1 Å². The number of carbonyl (C=O) groups excluding carboxylic acids is 1. The molecule has 0 radical (unpaired) electrons. The lowest BCUT2D eigenvalue weighted by molar-refractivity contribution is -0.108. The smallest absolute Gasteiger partial charge is 0.122 e. The molecule has 0 N–H and O–H groups in total. The first-order valence-corrected chi connectivity index (χ1v) is 5.19.